The van der Waals surface area contributed by atoms with Crippen LogP contribution in [0.25, 0.3) is 10.9 Å². The van der Waals surface area contributed by atoms with Crippen molar-refractivity contribution < 1.29 is 23.7 Å². The number of rotatable bonds is 16. The Kier molecular flexibility index (Phi) is 11.3. The van der Waals surface area contributed by atoms with E-state index < -0.39 is 0 Å². The summed E-state index contributed by atoms with van der Waals surface area (Å²) in [4.78, 5) is 0. The predicted molar refractivity (Wildman–Crippen MR) is 166 cm³/mol. The Hall–Kier alpha value is -3.36. The van der Waals surface area contributed by atoms with Crippen LogP contribution < -0.4 is 14.8 Å². The summed E-state index contributed by atoms with van der Waals surface area (Å²) in [6.07, 6.45) is 5.16. The molecule has 0 saturated carbocycles. The van der Waals surface area contributed by atoms with Gasteiger partial charge in [0.1, 0.15) is 11.5 Å². The summed E-state index contributed by atoms with van der Waals surface area (Å²) in [5.74, 6) is 2.09. The normalized spacial score (nSPS) is 17.0. The van der Waals surface area contributed by atoms with Crippen molar-refractivity contribution in [1.29, 1.82) is 0 Å². The summed E-state index contributed by atoms with van der Waals surface area (Å²) in [6, 6.07) is 25.2. The standard InChI is InChI=1S/C35H44N2O5/c1-38-21-6-19-37-20-17-31-28(9-5-10-33(31)37)26-42-35-24-36-18-16-32(35)27-12-14-30(15-13-27)41-23-7-22-40-25-29-8-3-4-11-34(29)39-2/h3-5,8-15,17,20,32,35-36H,6-7,16,18-19,21-26H2,1-2H3. The lowest BCUT2D eigenvalue weighted by atomic mass is 9.87. The van der Waals surface area contributed by atoms with E-state index >= 15 is 0 Å². The molecule has 4 aromatic rings. The highest BCUT2D eigenvalue weighted by Crippen LogP contribution is 2.31. The second kappa shape index (κ2) is 15.8. The molecule has 0 spiro atoms. The van der Waals surface area contributed by atoms with E-state index in [-0.39, 0.29) is 6.10 Å². The van der Waals surface area contributed by atoms with Gasteiger partial charge >= 0.3 is 0 Å². The van der Waals surface area contributed by atoms with Crippen LogP contribution in [0, 0.1) is 0 Å². The monoisotopic (exact) mass is 572 g/mol. The fourth-order valence-corrected chi connectivity index (χ4v) is 5.74. The van der Waals surface area contributed by atoms with Crippen LogP contribution in [-0.4, -0.2) is 57.8 Å². The van der Waals surface area contributed by atoms with Crippen LogP contribution in [0.3, 0.4) is 0 Å². The predicted octanol–water partition coefficient (Wildman–Crippen LogP) is 6.33. The molecule has 0 radical (unpaired) electrons. The Morgan fingerprint density at radius 3 is 2.55 bits per heavy atom. The Morgan fingerprint density at radius 1 is 0.833 bits per heavy atom. The van der Waals surface area contributed by atoms with E-state index in [1.807, 2.05) is 24.3 Å². The van der Waals surface area contributed by atoms with Gasteiger partial charge in [0.05, 0.1) is 39.6 Å². The summed E-state index contributed by atoms with van der Waals surface area (Å²) in [6.45, 7) is 5.96. The van der Waals surface area contributed by atoms with E-state index in [9.17, 15) is 0 Å². The smallest absolute Gasteiger partial charge is 0.124 e. The van der Waals surface area contributed by atoms with Gasteiger partial charge in [0.25, 0.3) is 0 Å². The lowest BCUT2D eigenvalue weighted by Crippen LogP contribution is -2.40. The summed E-state index contributed by atoms with van der Waals surface area (Å²) in [7, 11) is 3.44. The minimum absolute atomic E-state index is 0.116. The number of nitrogens with zero attached hydrogens (tertiary/aromatic N) is 1. The number of methoxy groups -OCH3 is 2. The lowest BCUT2D eigenvalue weighted by molar-refractivity contribution is 0.0111. The molecule has 1 saturated heterocycles. The summed E-state index contributed by atoms with van der Waals surface area (Å²) in [5, 5.41) is 4.79. The third kappa shape index (κ3) is 7.92. The van der Waals surface area contributed by atoms with Crippen LogP contribution in [0.4, 0.5) is 0 Å². The molecule has 1 N–H and O–H groups in total. The second-order valence-electron chi connectivity index (χ2n) is 10.8. The van der Waals surface area contributed by atoms with Crippen molar-refractivity contribution in [2.24, 2.45) is 0 Å². The SMILES string of the molecule is COCCCn1ccc2c(COC3CNCCC3c3ccc(OCCCOCc4ccccc4OC)cc3)cccc21. The Balaban J connectivity index is 1.10. The van der Waals surface area contributed by atoms with Gasteiger partial charge in [-0.05, 0) is 60.8 Å². The maximum atomic E-state index is 6.59. The molecule has 0 aliphatic carbocycles. The number of fused-ring (bicyclic) bond motifs is 1. The number of nitrogens with one attached hydrogen (secondary N) is 1. The molecule has 7 nitrogen and oxygen atoms in total. The van der Waals surface area contributed by atoms with Gasteiger partial charge in [0.15, 0.2) is 0 Å². The molecule has 1 aliphatic rings. The van der Waals surface area contributed by atoms with Gasteiger partial charge in [0, 0.05) is 61.8 Å². The van der Waals surface area contributed by atoms with Gasteiger partial charge in [-0.25, -0.2) is 0 Å². The zero-order valence-corrected chi connectivity index (χ0v) is 24.9. The molecular weight excluding hydrogens is 528 g/mol. The lowest BCUT2D eigenvalue weighted by Gasteiger charge is -2.32. The third-order valence-electron chi connectivity index (χ3n) is 7.99. The highest BCUT2D eigenvalue weighted by atomic mass is 16.5. The average molecular weight is 573 g/mol. The first kappa shape index (κ1) is 30.1. The highest BCUT2D eigenvalue weighted by molar-refractivity contribution is 5.83. The molecule has 2 heterocycles. The zero-order chi connectivity index (χ0) is 29.0. The molecule has 0 amide bonds. The number of ether oxygens (including phenoxy) is 5. The van der Waals surface area contributed by atoms with Crippen molar-refractivity contribution in [1.82, 2.24) is 9.88 Å². The molecule has 2 atom stereocenters. The van der Waals surface area contributed by atoms with Crippen LogP contribution in [0.1, 0.15) is 41.9 Å². The first-order chi connectivity index (χ1) is 20.8. The van der Waals surface area contributed by atoms with Crippen molar-refractivity contribution in [3.05, 3.63) is 95.7 Å². The van der Waals surface area contributed by atoms with Gasteiger partial charge < -0.3 is 33.6 Å². The topological polar surface area (TPSA) is 63.1 Å². The van der Waals surface area contributed by atoms with E-state index in [0.29, 0.717) is 32.3 Å². The van der Waals surface area contributed by atoms with Gasteiger partial charge in [-0.15, -0.1) is 0 Å². The maximum Gasteiger partial charge on any atom is 0.124 e. The number of para-hydroxylation sites is 1. The highest BCUT2D eigenvalue weighted by Gasteiger charge is 2.27. The van der Waals surface area contributed by atoms with E-state index in [2.05, 4.69) is 64.6 Å². The molecule has 3 aromatic carbocycles. The minimum Gasteiger partial charge on any atom is -0.496 e. The molecule has 224 valence electrons. The van der Waals surface area contributed by atoms with Gasteiger partial charge in [-0.1, -0.05) is 42.5 Å². The van der Waals surface area contributed by atoms with Crippen molar-refractivity contribution in [3.63, 3.8) is 0 Å². The Morgan fingerprint density at radius 2 is 1.69 bits per heavy atom. The molecule has 42 heavy (non-hydrogen) atoms. The van der Waals surface area contributed by atoms with E-state index in [1.54, 1.807) is 14.2 Å². The Labute approximate surface area is 249 Å². The summed E-state index contributed by atoms with van der Waals surface area (Å²) in [5.41, 5.74) is 4.85. The van der Waals surface area contributed by atoms with Crippen molar-refractivity contribution in [2.45, 2.75) is 51.0 Å². The second-order valence-corrected chi connectivity index (χ2v) is 10.8. The molecule has 7 heteroatoms. The number of benzene rings is 3. The maximum absolute atomic E-state index is 6.59. The fourth-order valence-electron chi connectivity index (χ4n) is 5.74. The number of hydrogen-bond donors (Lipinski definition) is 1. The van der Waals surface area contributed by atoms with Gasteiger partial charge in [-0.2, -0.15) is 0 Å². The average Bonchev–Trinajstić information content (AvgIpc) is 3.46. The van der Waals surface area contributed by atoms with Gasteiger partial charge in [-0.3, -0.25) is 0 Å². The van der Waals surface area contributed by atoms with Crippen molar-refractivity contribution in [2.75, 3.05) is 47.1 Å². The summed E-state index contributed by atoms with van der Waals surface area (Å²) < 4.78 is 31.3. The summed E-state index contributed by atoms with van der Waals surface area (Å²) >= 11 is 0. The molecular formula is C35H44N2O5. The number of piperidine rings is 1. The molecule has 1 aliphatic heterocycles. The van der Waals surface area contributed by atoms with Gasteiger partial charge in [0.2, 0.25) is 0 Å². The first-order valence-corrected chi connectivity index (χ1v) is 15.1. The van der Waals surface area contributed by atoms with Crippen LogP contribution >= 0.6 is 0 Å². The van der Waals surface area contributed by atoms with E-state index in [1.165, 1.54) is 22.0 Å². The largest absolute Gasteiger partial charge is 0.496 e. The fraction of sp³-hybridized carbons (Fsp3) is 0.429. The number of aromatic nitrogens is 1. The molecule has 1 aromatic heterocycles. The zero-order valence-electron chi connectivity index (χ0n) is 24.9. The Bertz CT molecular complexity index is 1370. The molecule has 2 unspecified atom stereocenters. The van der Waals surface area contributed by atoms with Crippen LogP contribution in [-0.2, 0) is 34.0 Å². The number of aryl methyl sites for hydroxylation is 1. The van der Waals surface area contributed by atoms with Crippen LogP contribution in [0.2, 0.25) is 0 Å². The van der Waals surface area contributed by atoms with Crippen molar-refractivity contribution in [3.8, 4) is 11.5 Å². The van der Waals surface area contributed by atoms with E-state index in [4.69, 9.17) is 23.7 Å². The quantitative estimate of drug-likeness (QED) is 0.158. The molecule has 5 rings (SSSR count). The minimum atomic E-state index is 0.116. The molecule has 1 fully saturated rings. The van der Waals surface area contributed by atoms with E-state index in [0.717, 1.165) is 62.6 Å². The third-order valence-corrected chi connectivity index (χ3v) is 7.99. The number of hydrogen-bond acceptors (Lipinski definition) is 6. The van der Waals surface area contributed by atoms with Crippen LogP contribution in [0.5, 0.6) is 11.5 Å². The van der Waals surface area contributed by atoms with Crippen molar-refractivity contribution >= 4 is 10.9 Å². The first-order valence-electron chi connectivity index (χ1n) is 15.1. The van der Waals surface area contributed by atoms with Crippen LogP contribution in [0.15, 0.2) is 79.0 Å². The molecule has 0 bridgehead atoms.